The topological polar surface area (TPSA) is 92.8 Å². The Labute approximate surface area is 177 Å². The van der Waals surface area contributed by atoms with Crippen molar-refractivity contribution in [2.45, 2.75) is 0 Å². The molecule has 0 fully saturated rings. The second-order valence-corrected chi connectivity index (χ2v) is 4.44. The molecule has 0 spiro atoms. The summed E-state index contributed by atoms with van der Waals surface area (Å²) >= 11 is 0. The number of benzene rings is 1. The van der Waals surface area contributed by atoms with Crippen LogP contribution in [0.25, 0.3) is 11.0 Å². The van der Waals surface area contributed by atoms with Crippen molar-refractivity contribution in [1.82, 2.24) is 5.10 Å². The number of para-hydroxylation sites is 2. The van der Waals surface area contributed by atoms with Crippen LogP contribution < -0.4 is 15.3 Å². The van der Waals surface area contributed by atoms with Crippen LogP contribution >= 0.6 is 0 Å². The summed E-state index contributed by atoms with van der Waals surface area (Å²) in [6.07, 6.45) is 0. The molecule has 0 bridgehead atoms. The van der Waals surface area contributed by atoms with Gasteiger partial charge in [0, 0.05) is 56.5 Å². The molecular formula is C17H16N4O2SnTi-6. The number of anilines is 1. The molecule has 0 aliphatic carbocycles. The van der Waals surface area contributed by atoms with Crippen molar-refractivity contribution in [3.05, 3.63) is 95.3 Å². The van der Waals surface area contributed by atoms with Crippen LogP contribution in [0.2, 0.25) is 0 Å². The fraction of sp³-hybridized carbons (Fsp3) is 0. The predicted molar refractivity (Wildman–Crippen MR) is 93.9 cm³/mol. The summed E-state index contributed by atoms with van der Waals surface area (Å²) in [6.45, 7) is 0. The molecule has 1 aromatic heterocycles. The molecule has 0 atom stereocenters. The number of nitrogens with two attached hydrogens (primary N) is 1. The maximum absolute atomic E-state index is 11.3. The molecule has 4 radical (unpaired) electrons. The van der Waals surface area contributed by atoms with Gasteiger partial charge in [0.25, 0.3) is 5.52 Å². The molecule has 25 heavy (non-hydrogen) atoms. The van der Waals surface area contributed by atoms with E-state index in [4.69, 9.17) is 5.73 Å². The molecule has 8 heteroatoms. The standard InChI is InChI=1S/C7H6N4O2.2C5H5.Sn.Ti/c8-7-9-11(13)6-4-2-1-3-5(6)10(7)12;2*1-2-4-5-3-1;;/h1-4H,(H2,8,9);2*1-5H;;/q;-5;-1;;. The Hall–Kier alpha value is -1.90. The van der Waals surface area contributed by atoms with Crippen molar-refractivity contribution in [2.75, 3.05) is 5.73 Å². The Kier molecular flexibility index (Phi) is 11.5. The summed E-state index contributed by atoms with van der Waals surface area (Å²) in [5.41, 5.74) is 5.62. The third-order valence-electron chi connectivity index (χ3n) is 2.82. The molecule has 6 nitrogen and oxygen atoms in total. The first kappa shape index (κ1) is 23.1. The van der Waals surface area contributed by atoms with Crippen LogP contribution in [-0.4, -0.2) is 29.0 Å². The summed E-state index contributed by atoms with van der Waals surface area (Å²) in [5.74, 6) is -0.353. The van der Waals surface area contributed by atoms with E-state index in [1.54, 1.807) is 12.1 Å². The first-order valence-electron chi connectivity index (χ1n) is 6.91. The normalized spacial score (nSPS) is 8.64. The van der Waals surface area contributed by atoms with Crippen molar-refractivity contribution in [3.8, 4) is 0 Å². The average molecular weight is 475 g/mol. The van der Waals surface area contributed by atoms with Gasteiger partial charge in [0.2, 0.25) is 5.10 Å². The SMILES string of the molecule is Nc1n[n+]([O-])c2ccccc2[n+]1[O-].[Sn].[Ti].[cH-]1[cH-][cH-][cH-][cH-]1.c1cc[cH-]c1. The molecule has 0 amide bonds. The summed E-state index contributed by atoms with van der Waals surface area (Å²) < 4.78 is 0.420. The molecule has 4 rings (SSSR count). The van der Waals surface area contributed by atoms with Gasteiger partial charge in [-0.1, -0.05) is 12.1 Å². The van der Waals surface area contributed by atoms with E-state index in [0.29, 0.717) is 9.58 Å². The molecule has 3 aromatic carbocycles. The molecule has 0 saturated carbocycles. The Morgan fingerprint density at radius 3 is 1.76 bits per heavy atom. The van der Waals surface area contributed by atoms with Gasteiger partial charge in [-0.05, 0) is 6.07 Å². The van der Waals surface area contributed by atoms with Crippen molar-refractivity contribution < 1.29 is 31.3 Å². The predicted octanol–water partition coefficient (Wildman–Crippen LogP) is 1.51. The van der Waals surface area contributed by atoms with E-state index in [0.717, 1.165) is 0 Å². The van der Waals surface area contributed by atoms with Crippen molar-refractivity contribution in [1.29, 1.82) is 0 Å². The van der Waals surface area contributed by atoms with Gasteiger partial charge in [0.05, 0.1) is 0 Å². The van der Waals surface area contributed by atoms with Gasteiger partial charge >= 0.3 is 5.95 Å². The van der Waals surface area contributed by atoms with Crippen LogP contribution in [0.1, 0.15) is 0 Å². The van der Waals surface area contributed by atoms with Crippen molar-refractivity contribution in [3.63, 3.8) is 0 Å². The van der Waals surface area contributed by atoms with Crippen molar-refractivity contribution >= 4 is 40.9 Å². The number of fused-ring (bicyclic) bond motifs is 1. The zero-order chi connectivity index (χ0) is 16.5. The van der Waals surface area contributed by atoms with Gasteiger partial charge < -0.3 is 40.7 Å². The largest absolute Gasteiger partial charge is 0.748 e. The number of rotatable bonds is 0. The molecule has 0 aliphatic heterocycles. The van der Waals surface area contributed by atoms with E-state index >= 15 is 0 Å². The fourth-order valence-electron chi connectivity index (χ4n) is 1.75. The average Bonchev–Trinajstić information content (AvgIpc) is 3.30. The van der Waals surface area contributed by atoms with E-state index in [2.05, 4.69) is 5.10 Å². The molecule has 4 aromatic rings. The van der Waals surface area contributed by atoms with Gasteiger partial charge in [-0.3, -0.25) is 5.73 Å². The molecule has 1 heterocycles. The number of hydrogen-bond acceptors (Lipinski definition) is 4. The Morgan fingerprint density at radius 1 is 0.840 bits per heavy atom. The van der Waals surface area contributed by atoms with Crippen LogP contribution in [0.3, 0.4) is 0 Å². The maximum Gasteiger partial charge on any atom is 0.458 e. The van der Waals surface area contributed by atoms with E-state index in [1.807, 2.05) is 60.7 Å². The quantitative estimate of drug-likeness (QED) is 0.181. The summed E-state index contributed by atoms with van der Waals surface area (Å²) in [7, 11) is 0. The number of nitrogens with zero attached hydrogens (tertiary/aromatic N) is 3. The molecule has 2 N–H and O–H groups in total. The van der Waals surface area contributed by atoms with E-state index in [9.17, 15) is 10.4 Å². The smallest absolute Gasteiger partial charge is 0.458 e. The summed E-state index contributed by atoms with van der Waals surface area (Å²) in [4.78, 5) is 0.332. The van der Waals surface area contributed by atoms with E-state index < -0.39 is 0 Å². The van der Waals surface area contributed by atoms with Crippen LogP contribution in [0, 0.1) is 10.4 Å². The second kappa shape index (κ2) is 12.5. The Bertz CT molecular complexity index is 763. The third kappa shape index (κ3) is 7.25. The zero-order valence-corrected chi connectivity index (χ0v) is 17.7. The van der Waals surface area contributed by atoms with Crippen molar-refractivity contribution in [2.24, 2.45) is 0 Å². The van der Waals surface area contributed by atoms with E-state index in [1.165, 1.54) is 12.1 Å². The molecule has 130 valence electrons. The monoisotopic (exact) mass is 476 g/mol. The molecular weight excluding hydrogens is 459 g/mol. The Balaban J connectivity index is 0.000000400. The first-order valence-corrected chi connectivity index (χ1v) is 6.91. The van der Waals surface area contributed by atoms with Gasteiger partial charge in [-0.25, -0.2) is 16.9 Å². The van der Waals surface area contributed by atoms with Gasteiger partial charge in [-0.15, -0.1) is 0 Å². The maximum atomic E-state index is 11.3. The zero-order valence-electron chi connectivity index (χ0n) is 13.3. The summed E-state index contributed by atoms with van der Waals surface area (Å²) in [6, 6.07) is 26.3. The molecule has 0 unspecified atom stereocenters. The number of aromatic nitrogens is 3. The van der Waals surface area contributed by atoms with Crippen LogP contribution in [0.15, 0.2) is 84.9 Å². The minimum absolute atomic E-state index is 0. The minimum atomic E-state index is -0.353. The third-order valence-corrected chi connectivity index (χ3v) is 2.82. The van der Waals surface area contributed by atoms with Crippen LogP contribution in [0.5, 0.6) is 0 Å². The summed E-state index contributed by atoms with van der Waals surface area (Å²) in [5, 5.41) is 25.7. The fourth-order valence-corrected chi connectivity index (χ4v) is 1.75. The van der Waals surface area contributed by atoms with Gasteiger partial charge in [-0.2, -0.15) is 18.2 Å². The van der Waals surface area contributed by atoms with Crippen LogP contribution in [-0.2, 0) is 21.7 Å². The molecule has 0 saturated heterocycles. The van der Waals surface area contributed by atoms with Crippen LogP contribution in [0.4, 0.5) is 5.95 Å². The second-order valence-electron chi connectivity index (χ2n) is 4.44. The Morgan fingerprint density at radius 2 is 1.32 bits per heavy atom. The van der Waals surface area contributed by atoms with Gasteiger partial charge in [0.1, 0.15) is 0 Å². The number of hydrogen-bond donors (Lipinski definition) is 1. The minimum Gasteiger partial charge on any atom is -0.748 e. The first-order chi connectivity index (χ1) is 11.2. The number of nitrogen functional groups attached to an aromatic ring is 1. The van der Waals surface area contributed by atoms with Gasteiger partial charge in [0.15, 0.2) is 5.52 Å². The van der Waals surface area contributed by atoms with E-state index in [-0.39, 0.29) is 62.6 Å². The molecule has 0 aliphatic rings.